The van der Waals surface area contributed by atoms with Crippen LogP contribution in [0, 0.1) is 5.82 Å². The summed E-state index contributed by atoms with van der Waals surface area (Å²) in [6.45, 7) is 1.71. The van der Waals surface area contributed by atoms with Crippen molar-refractivity contribution in [2.75, 3.05) is 5.32 Å². The number of hydrogen-bond acceptors (Lipinski definition) is 3. The molecule has 1 atom stereocenters. The van der Waals surface area contributed by atoms with Crippen LogP contribution in [0.2, 0.25) is 5.02 Å². The van der Waals surface area contributed by atoms with E-state index >= 15 is 0 Å². The van der Waals surface area contributed by atoms with E-state index in [1.807, 2.05) is 0 Å². The molecule has 0 radical (unpaired) electrons. The van der Waals surface area contributed by atoms with Crippen molar-refractivity contribution in [1.82, 2.24) is 10.6 Å². The number of aromatic hydroxyl groups is 1. The van der Waals surface area contributed by atoms with Crippen molar-refractivity contribution in [3.05, 3.63) is 70.1 Å². The molecular formula is C18H15ClFN3O2S. The Morgan fingerprint density at radius 1 is 1.31 bits per heavy atom. The van der Waals surface area contributed by atoms with Crippen molar-refractivity contribution >= 4 is 40.5 Å². The van der Waals surface area contributed by atoms with E-state index in [4.69, 9.17) is 23.8 Å². The number of phenolic OH excluding ortho intramolecular Hbond substituents is 1. The first-order valence-corrected chi connectivity index (χ1v) is 8.48. The molecular weight excluding hydrogens is 377 g/mol. The summed E-state index contributed by atoms with van der Waals surface area (Å²) in [6.07, 6.45) is 0. The smallest absolute Gasteiger partial charge is 0.255 e. The summed E-state index contributed by atoms with van der Waals surface area (Å²) in [4.78, 5) is 12.9. The van der Waals surface area contributed by atoms with Crippen molar-refractivity contribution in [2.45, 2.75) is 13.0 Å². The highest BCUT2D eigenvalue weighted by Gasteiger charge is 2.31. The van der Waals surface area contributed by atoms with Gasteiger partial charge in [-0.15, -0.1) is 0 Å². The maximum Gasteiger partial charge on any atom is 0.255 e. The third kappa shape index (κ3) is 3.63. The summed E-state index contributed by atoms with van der Waals surface area (Å²) in [5.74, 6) is -0.961. The lowest BCUT2D eigenvalue weighted by atomic mass is 9.94. The molecule has 1 heterocycles. The number of rotatable bonds is 3. The summed E-state index contributed by atoms with van der Waals surface area (Å²) in [6, 6.07) is 9.96. The van der Waals surface area contributed by atoms with Gasteiger partial charge in [0.25, 0.3) is 5.91 Å². The van der Waals surface area contributed by atoms with Gasteiger partial charge in [-0.2, -0.15) is 0 Å². The van der Waals surface area contributed by atoms with Gasteiger partial charge in [0, 0.05) is 16.9 Å². The number of halogens is 2. The summed E-state index contributed by atoms with van der Waals surface area (Å²) < 4.78 is 13.3. The average molecular weight is 392 g/mol. The van der Waals surface area contributed by atoms with Crippen LogP contribution in [0.3, 0.4) is 0 Å². The minimum atomic E-state index is -0.638. The first-order valence-electron chi connectivity index (χ1n) is 7.69. The molecule has 1 aliphatic rings. The second-order valence-corrected chi connectivity index (χ2v) is 6.53. The first kappa shape index (κ1) is 18.2. The Morgan fingerprint density at radius 3 is 2.73 bits per heavy atom. The minimum Gasteiger partial charge on any atom is -0.508 e. The second-order valence-electron chi connectivity index (χ2n) is 5.71. The Morgan fingerprint density at radius 2 is 2.04 bits per heavy atom. The number of allylic oxidation sites excluding steroid dienone is 1. The number of para-hydroxylation sites is 1. The lowest BCUT2D eigenvalue weighted by Gasteiger charge is -2.30. The topological polar surface area (TPSA) is 73.4 Å². The minimum absolute atomic E-state index is 0.0395. The molecule has 0 aliphatic carbocycles. The molecule has 2 aromatic rings. The molecule has 1 aliphatic heterocycles. The van der Waals surface area contributed by atoms with Crippen LogP contribution >= 0.6 is 23.8 Å². The summed E-state index contributed by atoms with van der Waals surface area (Å²) in [7, 11) is 0. The van der Waals surface area contributed by atoms with E-state index in [1.54, 1.807) is 25.1 Å². The first-order chi connectivity index (χ1) is 12.4. The number of nitrogens with one attached hydrogen (secondary N) is 3. The second kappa shape index (κ2) is 7.31. The number of phenols is 1. The molecule has 0 saturated heterocycles. The summed E-state index contributed by atoms with van der Waals surface area (Å²) in [5, 5.41) is 19.0. The van der Waals surface area contributed by atoms with E-state index in [9.17, 15) is 14.3 Å². The number of carbonyl (C=O) groups is 1. The highest BCUT2D eigenvalue weighted by molar-refractivity contribution is 7.80. The van der Waals surface area contributed by atoms with Crippen molar-refractivity contribution in [2.24, 2.45) is 0 Å². The number of thiocarbonyl (C=S) groups is 1. The predicted molar refractivity (Wildman–Crippen MR) is 102 cm³/mol. The van der Waals surface area contributed by atoms with Gasteiger partial charge in [-0.05, 0) is 43.4 Å². The molecule has 0 aromatic heterocycles. The molecule has 0 spiro atoms. The third-order valence-electron chi connectivity index (χ3n) is 3.94. The zero-order valence-corrected chi connectivity index (χ0v) is 15.2. The van der Waals surface area contributed by atoms with Crippen LogP contribution < -0.4 is 16.0 Å². The van der Waals surface area contributed by atoms with Gasteiger partial charge in [0.2, 0.25) is 0 Å². The predicted octanol–water partition coefficient (Wildman–Crippen LogP) is 3.62. The maximum atomic E-state index is 13.3. The molecule has 26 heavy (non-hydrogen) atoms. The van der Waals surface area contributed by atoms with Crippen LogP contribution in [0.15, 0.2) is 53.7 Å². The number of anilines is 1. The third-order valence-corrected chi connectivity index (χ3v) is 4.45. The van der Waals surface area contributed by atoms with Gasteiger partial charge >= 0.3 is 0 Å². The van der Waals surface area contributed by atoms with Gasteiger partial charge in [0.05, 0.1) is 16.6 Å². The van der Waals surface area contributed by atoms with Crippen LogP contribution in [0.25, 0.3) is 0 Å². The van der Waals surface area contributed by atoms with E-state index in [0.717, 1.165) is 0 Å². The fraction of sp³-hybridized carbons (Fsp3) is 0.111. The molecule has 8 heteroatoms. The largest absolute Gasteiger partial charge is 0.508 e. The molecule has 1 unspecified atom stereocenters. The molecule has 4 N–H and O–H groups in total. The van der Waals surface area contributed by atoms with Gasteiger partial charge in [0.1, 0.15) is 11.6 Å². The Balaban J connectivity index is 1.97. The van der Waals surface area contributed by atoms with E-state index < -0.39 is 17.8 Å². The van der Waals surface area contributed by atoms with Gasteiger partial charge in [-0.3, -0.25) is 4.79 Å². The Kier molecular flexibility index (Phi) is 5.11. The van der Waals surface area contributed by atoms with Crippen LogP contribution in [-0.2, 0) is 4.79 Å². The molecule has 3 rings (SSSR count). The van der Waals surface area contributed by atoms with Crippen molar-refractivity contribution in [1.29, 1.82) is 0 Å². The van der Waals surface area contributed by atoms with Crippen molar-refractivity contribution in [3.63, 3.8) is 0 Å². The Bertz CT molecular complexity index is 932. The SMILES string of the molecule is CC1=C(C(=O)Nc2ccc(F)c(Cl)c2)C(c2ccccc2O)NC(=S)N1. The lowest BCUT2D eigenvalue weighted by molar-refractivity contribution is -0.113. The monoisotopic (exact) mass is 391 g/mol. The zero-order chi connectivity index (χ0) is 18.8. The van der Waals surface area contributed by atoms with Gasteiger partial charge < -0.3 is 21.1 Å². The fourth-order valence-corrected chi connectivity index (χ4v) is 3.18. The van der Waals surface area contributed by atoms with Crippen LogP contribution in [0.1, 0.15) is 18.5 Å². The quantitative estimate of drug-likeness (QED) is 0.601. The molecule has 5 nitrogen and oxygen atoms in total. The highest BCUT2D eigenvalue weighted by atomic mass is 35.5. The van der Waals surface area contributed by atoms with E-state index in [2.05, 4.69) is 16.0 Å². The van der Waals surface area contributed by atoms with E-state index in [-0.39, 0.29) is 10.8 Å². The van der Waals surface area contributed by atoms with E-state index in [0.29, 0.717) is 27.6 Å². The van der Waals surface area contributed by atoms with Gasteiger partial charge in [-0.1, -0.05) is 29.8 Å². The number of amides is 1. The fourth-order valence-electron chi connectivity index (χ4n) is 2.73. The molecule has 0 fully saturated rings. The van der Waals surface area contributed by atoms with Crippen LogP contribution in [-0.4, -0.2) is 16.1 Å². The molecule has 0 saturated carbocycles. The van der Waals surface area contributed by atoms with Crippen molar-refractivity contribution < 1.29 is 14.3 Å². The summed E-state index contributed by atoms with van der Waals surface area (Å²) >= 11 is 10.9. The van der Waals surface area contributed by atoms with Gasteiger partial charge in [-0.25, -0.2) is 4.39 Å². The normalized spacial score (nSPS) is 16.7. The van der Waals surface area contributed by atoms with Crippen molar-refractivity contribution in [3.8, 4) is 5.75 Å². The number of benzene rings is 2. The Labute approximate surface area is 159 Å². The highest BCUT2D eigenvalue weighted by Crippen LogP contribution is 2.33. The van der Waals surface area contributed by atoms with Gasteiger partial charge in [0.15, 0.2) is 5.11 Å². The number of hydrogen-bond donors (Lipinski definition) is 4. The molecule has 1 amide bonds. The molecule has 2 aromatic carbocycles. The van der Waals surface area contributed by atoms with Crippen LogP contribution in [0.4, 0.5) is 10.1 Å². The number of carbonyl (C=O) groups excluding carboxylic acids is 1. The zero-order valence-electron chi connectivity index (χ0n) is 13.6. The van der Waals surface area contributed by atoms with Crippen LogP contribution in [0.5, 0.6) is 5.75 Å². The molecule has 0 bridgehead atoms. The Hall–Kier alpha value is -2.64. The molecule has 134 valence electrons. The summed E-state index contributed by atoms with van der Waals surface area (Å²) in [5.41, 5.74) is 1.76. The van der Waals surface area contributed by atoms with E-state index in [1.165, 1.54) is 24.3 Å². The average Bonchev–Trinajstić information content (AvgIpc) is 2.57. The standard InChI is InChI=1S/C18H15ClFN3O2S/c1-9-15(17(25)22-10-6-7-13(20)12(19)8-10)16(23-18(26)21-9)11-4-2-3-5-14(11)24/h2-8,16,24H,1H3,(H,22,25)(H2,21,23,26). The lowest BCUT2D eigenvalue weighted by Crippen LogP contribution is -2.45. The maximum absolute atomic E-state index is 13.3.